The fraction of sp³-hybridized carbons (Fsp3) is 0.438. The maximum Gasteiger partial charge on any atom is 0.215 e. The maximum absolute atomic E-state index is 13.5. The van der Waals surface area contributed by atoms with E-state index in [9.17, 15) is 12.8 Å². The smallest absolute Gasteiger partial charge is 0.215 e. The minimum absolute atomic E-state index is 0.166. The lowest BCUT2D eigenvalue weighted by atomic mass is 10.2. The molecule has 0 aliphatic heterocycles. The lowest BCUT2D eigenvalue weighted by Crippen LogP contribution is -2.28. The number of sulfonamides is 1. The second-order valence-electron chi connectivity index (χ2n) is 5.77. The SMILES string of the molecule is Cc1cnc(CCNS(=O)(=O)Cc2ccccc2F)n1C(C)C. The number of aromatic nitrogens is 2. The van der Waals surface area contributed by atoms with Gasteiger partial charge in [0.1, 0.15) is 11.6 Å². The van der Waals surface area contributed by atoms with Crippen LogP contribution in [0.15, 0.2) is 30.5 Å². The molecule has 0 aliphatic carbocycles. The van der Waals surface area contributed by atoms with Gasteiger partial charge in [-0.05, 0) is 26.8 Å². The van der Waals surface area contributed by atoms with Crippen molar-refractivity contribution >= 4 is 10.0 Å². The molecule has 0 aliphatic rings. The van der Waals surface area contributed by atoms with E-state index >= 15 is 0 Å². The minimum Gasteiger partial charge on any atom is -0.330 e. The van der Waals surface area contributed by atoms with E-state index in [-0.39, 0.29) is 23.9 Å². The molecule has 23 heavy (non-hydrogen) atoms. The molecule has 5 nitrogen and oxygen atoms in total. The molecule has 0 saturated heterocycles. The Labute approximate surface area is 136 Å². The summed E-state index contributed by atoms with van der Waals surface area (Å²) < 4.78 is 42.3. The number of hydrogen-bond acceptors (Lipinski definition) is 3. The van der Waals surface area contributed by atoms with E-state index in [1.165, 1.54) is 18.2 Å². The summed E-state index contributed by atoms with van der Waals surface area (Å²) in [6.07, 6.45) is 2.27. The first-order valence-corrected chi connectivity index (χ1v) is 9.19. The van der Waals surface area contributed by atoms with Crippen LogP contribution in [0.5, 0.6) is 0 Å². The Morgan fingerprint density at radius 1 is 1.30 bits per heavy atom. The van der Waals surface area contributed by atoms with Gasteiger partial charge in [0, 0.05) is 36.5 Å². The van der Waals surface area contributed by atoms with Crippen LogP contribution in [0.2, 0.25) is 0 Å². The molecule has 0 radical (unpaired) electrons. The van der Waals surface area contributed by atoms with Gasteiger partial charge in [-0.1, -0.05) is 18.2 Å². The Balaban J connectivity index is 1.97. The number of imidazole rings is 1. The second kappa shape index (κ2) is 7.23. The van der Waals surface area contributed by atoms with Crippen LogP contribution in [-0.2, 0) is 22.2 Å². The first-order valence-electron chi connectivity index (χ1n) is 7.53. The molecule has 2 rings (SSSR count). The van der Waals surface area contributed by atoms with Gasteiger partial charge in [0.2, 0.25) is 10.0 Å². The molecule has 0 fully saturated rings. The normalized spacial score (nSPS) is 12.0. The molecule has 2 aromatic rings. The molecule has 7 heteroatoms. The largest absolute Gasteiger partial charge is 0.330 e. The van der Waals surface area contributed by atoms with E-state index < -0.39 is 15.8 Å². The summed E-state index contributed by atoms with van der Waals surface area (Å²) in [5.41, 5.74) is 1.21. The van der Waals surface area contributed by atoms with Gasteiger partial charge >= 0.3 is 0 Å². The van der Waals surface area contributed by atoms with E-state index in [0.717, 1.165) is 11.5 Å². The van der Waals surface area contributed by atoms with Gasteiger partial charge in [0.25, 0.3) is 0 Å². The highest BCUT2D eigenvalue weighted by atomic mass is 32.2. The van der Waals surface area contributed by atoms with Crippen molar-refractivity contribution in [2.45, 2.75) is 39.0 Å². The zero-order valence-corrected chi connectivity index (χ0v) is 14.4. The average molecular weight is 339 g/mol. The first kappa shape index (κ1) is 17.6. The Morgan fingerprint density at radius 3 is 2.65 bits per heavy atom. The van der Waals surface area contributed by atoms with Crippen LogP contribution in [0.4, 0.5) is 4.39 Å². The van der Waals surface area contributed by atoms with Crippen LogP contribution in [0.25, 0.3) is 0 Å². The predicted octanol–water partition coefficient (Wildman–Crippen LogP) is 2.57. The van der Waals surface area contributed by atoms with Crippen LogP contribution in [-0.4, -0.2) is 24.5 Å². The topological polar surface area (TPSA) is 64.0 Å². The number of nitrogens with one attached hydrogen (secondary N) is 1. The van der Waals surface area contributed by atoms with Gasteiger partial charge in [-0.3, -0.25) is 0 Å². The fourth-order valence-electron chi connectivity index (χ4n) is 2.58. The quantitative estimate of drug-likeness (QED) is 0.843. The van der Waals surface area contributed by atoms with E-state index in [1.54, 1.807) is 12.3 Å². The van der Waals surface area contributed by atoms with Crippen molar-refractivity contribution < 1.29 is 12.8 Å². The summed E-state index contributed by atoms with van der Waals surface area (Å²) in [6, 6.07) is 6.15. The molecule has 0 bridgehead atoms. The third kappa shape index (κ3) is 4.62. The van der Waals surface area contributed by atoms with Gasteiger partial charge in [-0.15, -0.1) is 0 Å². The van der Waals surface area contributed by atoms with E-state index in [2.05, 4.69) is 28.1 Å². The van der Waals surface area contributed by atoms with Crippen LogP contribution in [0.3, 0.4) is 0 Å². The summed E-state index contributed by atoms with van der Waals surface area (Å²) in [5, 5.41) is 0. The second-order valence-corrected chi connectivity index (χ2v) is 7.58. The van der Waals surface area contributed by atoms with Gasteiger partial charge < -0.3 is 4.57 Å². The molecule has 0 saturated carbocycles. The van der Waals surface area contributed by atoms with Crippen molar-refractivity contribution in [2.24, 2.45) is 0 Å². The molecule has 1 N–H and O–H groups in total. The highest BCUT2D eigenvalue weighted by Gasteiger charge is 2.15. The van der Waals surface area contributed by atoms with E-state index in [1.807, 2.05) is 6.92 Å². The summed E-state index contributed by atoms with van der Waals surface area (Å²) in [6.45, 7) is 6.32. The maximum atomic E-state index is 13.5. The summed E-state index contributed by atoms with van der Waals surface area (Å²) in [7, 11) is -3.58. The number of halogens is 1. The van der Waals surface area contributed by atoms with Crippen molar-refractivity contribution in [3.8, 4) is 0 Å². The molecule has 126 valence electrons. The van der Waals surface area contributed by atoms with Crippen molar-refractivity contribution in [3.63, 3.8) is 0 Å². The first-order chi connectivity index (χ1) is 10.8. The van der Waals surface area contributed by atoms with Gasteiger partial charge in [0.05, 0.1) is 5.75 Å². The zero-order valence-electron chi connectivity index (χ0n) is 13.6. The molecule has 0 atom stereocenters. The van der Waals surface area contributed by atoms with E-state index in [4.69, 9.17) is 0 Å². The molecular formula is C16H22FN3O2S. The van der Waals surface area contributed by atoms with Crippen LogP contribution >= 0.6 is 0 Å². The molecule has 0 unspecified atom stereocenters. The Bertz CT molecular complexity index is 769. The monoisotopic (exact) mass is 339 g/mol. The van der Waals surface area contributed by atoms with Crippen LogP contribution in [0, 0.1) is 12.7 Å². The van der Waals surface area contributed by atoms with Crippen molar-refractivity contribution in [2.75, 3.05) is 6.54 Å². The van der Waals surface area contributed by atoms with Crippen molar-refractivity contribution in [1.29, 1.82) is 0 Å². The number of aryl methyl sites for hydroxylation is 1. The Kier molecular flexibility index (Phi) is 5.54. The number of benzene rings is 1. The van der Waals surface area contributed by atoms with Crippen molar-refractivity contribution in [1.82, 2.24) is 14.3 Å². The highest BCUT2D eigenvalue weighted by molar-refractivity contribution is 7.88. The van der Waals surface area contributed by atoms with E-state index in [0.29, 0.717) is 6.42 Å². The highest BCUT2D eigenvalue weighted by Crippen LogP contribution is 2.13. The number of hydrogen-bond donors (Lipinski definition) is 1. The number of nitrogens with zero attached hydrogens (tertiary/aromatic N) is 2. The standard InChI is InChI=1S/C16H22FN3O2S/c1-12(2)20-13(3)10-18-16(20)8-9-19-23(21,22)11-14-6-4-5-7-15(14)17/h4-7,10,12,19H,8-9,11H2,1-3H3. The Morgan fingerprint density at radius 2 is 2.00 bits per heavy atom. The van der Waals surface area contributed by atoms with Crippen LogP contribution < -0.4 is 4.72 Å². The fourth-order valence-corrected chi connectivity index (χ4v) is 3.73. The average Bonchev–Trinajstić information content (AvgIpc) is 2.82. The lowest BCUT2D eigenvalue weighted by Gasteiger charge is -2.14. The van der Waals surface area contributed by atoms with Crippen LogP contribution in [0.1, 0.15) is 37.0 Å². The van der Waals surface area contributed by atoms with Gasteiger partial charge in [-0.25, -0.2) is 22.5 Å². The summed E-state index contributed by atoms with van der Waals surface area (Å²) in [4.78, 5) is 4.32. The zero-order chi connectivity index (χ0) is 17.0. The number of rotatable bonds is 7. The predicted molar refractivity (Wildman–Crippen MR) is 88.1 cm³/mol. The minimum atomic E-state index is -3.58. The molecule has 1 aromatic carbocycles. The lowest BCUT2D eigenvalue weighted by molar-refractivity contribution is 0.548. The Hall–Kier alpha value is -1.73. The molecule has 1 aromatic heterocycles. The third-order valence-corrected chi connectivity index (χ3v) is 4.88. The molecule has 1 heterocycles. The third-order valence-electron chi connectivity index (χ3n) is 3.55. The van der Waals surface area contributed by atoms with Gasteiger partial charge in [0.15, 0.2) is 0 Å². The van der Waals surface area contributed by atoms with Gasteiger partial charge in [-0.2, -0.15) is 0 Å². The molecule has 0 amide bonds. The summed E-state index contributed by atoms with van der Waals surface area (Å²) in [5.74, 6) is -0.0351. The van der Waals surface area contributed by atoms with Crippen molar-refractivity contribution in [3.05, 3.63) is 53.4 Å². The summed E-state index contributed by atoms with van der Waals surface area (Å²) >= 11 is 0. The molecular weight excluding hydrogens is 317 g/mol. The molecule has 0 spiro atoms.